The minimum Gasteiger partial charge on any atom is -0.309 e. The Kier molecular flexibility index (Phi) is 20.8. The molecule has 0 saturated carbocycles. The molecule has 6 aromatic heterocycles. The van der Waals surface area contributed by atoms with Crippen molar-refractivity contribution in [1.29, 1.82) is 0 Å². The van der Waals surface area contributed by atoms with Crippen LogP contribution in [0, 0.1) is 0 Å². The van der Waals surface area contributed by atoms with Gasteiger partial charge < -0.3 is 13.7 Å². The SMILES string of the molecule is c1ccc(-c2cc(-c3ccc(-n4c5ccc6ccccc6c5c5c6ccccc6ccc54)cc3)nc(-c3ccc4ccccc4c3)n2)cc1.c1ccc(-c2cc(-c3cccc(-n4c5ccc6ccccc6c5c5c6ccccc6ccc54)c3)nc(-c3cccc4ccccc34)n2)cc1.c1ccc(-c2nc(-c3cccc(-n4c5ccc6ccccc6c5c5c6ccccc6ccc54)c3)cc(-c3ccc4ccccc4c3)n2)cc1. The van der Waals surface area contributed by atoms with Crippen molar-refractivity contribution >= 4 is 162 Å². The first-order valence-electron chi connectivity index (χ1n) is 50.0. The number of hydrogen-bond donors (Lipinski definition) is 0. The van der Waals surface area contributed by atoms with Gasteiger partial charge in [-0.25, -0.2) is 29.9 Å². The predicted octanol–water partition coefficient (Wildman–Crippen LogP) is 36.1. The third-order valence-electron chi connectivity index (χ3n) is 29.3. The Morgan fingerprint density at radius 2 is 0.354 bits per heavy atom. The minimum absolute atomic E-state index is 0.710. The van der Waals surface area contributed by atoms with Crippen molar-refractivity contribution in [1.82, 2.24) is 43.6 Å². The van der Waals surface area contributed by atoms with Gasteiger partial charge in [0.2, 0.25) is 0 Å². The molecule has 0 bridgehead atoms. The fraction of sp³-hybridized carbons (Fsp3) is 0. The maximum absolute atomic E-state index is 5.26. The summed E-state index contributed by atoms with van der Waals surface area (Å²) in [5.74, 6) is 2.14. The normalized spacial score (nSPS) is 11.7. The van der Waals surface area contributed by atoms with Gasteiger partial charge >= 0.3 is 0 Å². The van der Waals surface area contributed by atoms with Gasteiger partial charge in [0.05, 0.1) is 67.3 Å². The van der Waals surface area contributed by atoms with Crippen LogP contribution in [0.1, 0.15) is 0 Å². The van der Waals surface area contributed by atoms with E-state index in [1.54, 1.807) is 0 Å². The average Bonchev–Trinajstić information content (AvgIpc) is 1.57. The molecule has 684 valence electrons. The molecular formula is C138H87N9. The summed E-state index contributed by atoms with van der Waals surface area (Å²) < 4.78 is 7.23. The molecule has 0 aliphatic rings. The summed E-state index contributed by atoms with van der Waals surface area (Å²) in [5, 5.41) is 29.8. The van der Waals surface area contributed by atoms with Crippen LogP contribution in [0.15, 0.2) is 528 Å². The van der Waals surface area contributed by atoms with Crippen LogP contribution in [-0.4, -0.2) is 43.6 Å². The lowest BCUT2D eigenvalue weighted by atomic mass is 10.00. The van der Waals surface area contributed by atoms with Gasteiger partial charge in [0.1, 0.15) is 0 Å². The molecule has 0 unspecified atom stereocenters. The number of hydrogen-bond acceptors (Lipinski definition) is 6. The summed E-state index contributed by atoms with van der Waals surface area (Å²) in [7, 11) is 0. The van der Waals surface area contributed by atoms with Crippen LogP contribution >= 0.6 is 0 Å². The van der Waals surface area contributed by atoms with Gasteiger partial charge in [0.15, 0.2) is 17.5 Å². The Morgan fingerprint density at radius 1 is 0.122 bits per heavy atom. The molecule has 0 amide bonds. The molecule has 9 heteroatoms. The van der Waals surface area contributed by atoms with Gasteiger partial charge in [-0.15, -0.1) is 0 Å². The quantitative estimate of drug-likeness (QED) is 0.121. The van der Waals surface area contributed by atoms with Crippen LogP contribution in [0.5, 0.6) is 0 Å². The van der Waals surface area contributed by atoms with Crippen LogP contribution < -0.4 is 0 Å². The summed E-state index contributed by atoms with van der Waals surface area (Å²) in [6.45, 7) is 0. The minimum atomic E-state index is 0.710. The van der Waals surface area contributed by atoms with E-state index in [1.807, 2.05) is 30.3 Å². The average molecular weight is 1870 g/mol. The topological polar surface area (TPSA) is 92.1 Å². The highest BCUT2D eigenvalue weighted by Crippen LogP contribution is 2.47. The standard InChI is InChI=1S/3C46H29N3/c1-2-15-33(16-3-1)40-29-41(48-46(47-40)39-23-11-17-30-12-4-7-20-36(30)39)34-18-10-19-35(28-34)49-42-26-24-31-13-5-8-21-37(31)44(42)45-38-22-9-6-14-32(38)25-27-43(45)49;1-2-14-33(15-3-1)46-47-40(29-41(48-46)36-22-21-30-11-4-5-16-34(30)27-36)35-17-10-18-37(28-35)49-42-25-23-31-12-6-8-19-38(31)44(42)45-39-20-9-7-13-32(39)24-26-43(45)49;1-2-13-33(14-3-1)40-29-41(48-46(47-40)36-19-18-30-10-4-5-15-35(30)28-36)34-20-24-37(25-21-34)49-42-26-22-31-11-6-8-16-38(31)44(42)45-39-17-9-7-12-32(39)23-27-43(45)49/h3*1-29H. The van der Waals surface area contributed by atoms with E-state index in [0.717, 1.165) is 107 Å². The Balaban J connectivity index is 0.000000107. The number of benzene rings is 24. The van der Waals surface area contributed by atoms with Gasteiger partial charge in [0, 0.05) is 99.5 Å². The maximum Gasteiger partial charge on any atom is 0.161 e. The zero-order valence-corrected chi connectivity index (χ0v) is 79.8. The van der Waals surface area contributed by atoms with Gasteiger partial charge in [-0.3, -0.25) is 0 Å². The largest absolute Gasteiger partial charge is 0.309 e. The van der Waals surface area contributed by atoms with Crippen molar-refractivity contribution in [2.75, 3.05) is 0 Å². The highest BCUT2D eigenvalue weighted by Gasteiger charge is 2.25. The lowest BCUT2D eigenvalue weighted by molar-refractivity contribution is 1.17. The van der Waals surface area contributed by atoms with Gasteiger partial charge in [0.25, 0.3) is 0 Å². The Morgan fingerprint density at radius 3 is 0.721 bits per heavy atom. The first kappa shape index (κ1) is 85.3. The zero-order chi connectivity index (χ0) is 96.9. The number of rotatable bonds is 12. The Bertz CT molecular complexity index is 10200. The fourth-order valence-electron chi connectivity index (χ4n) is 22.4. The lowest BCUT2D eigenvalue weighted by Crippen LogP contribution is -1.98. The highest BCUT2D eigenvalue weighted by molar-refractivity contribution is 6.32. The fourth-order valence-corrected chi connectivity index (χ4v) is 22.4. The Hall–Kier alpha value is -19.7. The second-order valence-electron chi connectivity index (χ2n) is 37.9. The van der Waals surface area contributed by atoms with E-state index >= 15 is 0 Å². The zero-order valence-electron chi connectivity index (χ0n) is 79.8. The summed E-state index contributed by atoms with van der Waals surface area (Å²) in [4.78, 5) is 30.9. The van der Waals surface area contributed by atoms with Crippen molar-refractivity contribution in [3.05, 3.63) is 528 Å². The van der Waals surface area contributed by atoms with E-state index in [-0.39, 0.29) is 0 Å². The molecular weight excluding hydrogens is 1780 g/mol. The van der Waals surface area contributed by atoms with Crippen molar-refractivity contribution in [2.24, 2.45) is 0 Å². The molecule has 147 heavy (non-hydrogen) atoms. The van der Waals surface area contributed by atoms with Crippen LogP contribution in [-0.2, 0) is 0 Å². The van der Waals surface area contributed by atoms with Gasteiger partial charge in [-0.1, -0.05) is 425 Å². The molecule has 0 saturated heterocycles. The smallest absolute Gasteiger partial charge is 0.161 e. The molecule has 9 nitrogen and oxygen atoms in total. The molecule has 0 spiro atoms. The third-order valence-corrected chi connectivity index (χ3v) is 29.3. The predicted molar refractivity (Wildman–Crippen MR) is 616 cm³/mol. The number of nitrogens with zero attached hydrogens (tertiary/aromatic N) is 9. The molecule has 24 aromatic carbocycles. The second kappa shape index (κ2) is 35.8. The van der Waals surface area contributed by atoms with E-state index in [4.69, 9.17) is 29.9 Å². The summed E-state index contributed by atoms with van der Waals surface area (Å²) in [6.07, 6.45) is 0. The van der Waals surface area contributed by atoms with Crippen molar-refractivity contribution in [3.63, 3.8) is 0 Å². The van der Waals surface area contributed by atoms with E-state index in [9.17, 15) is 0 Å². The lowest BCUT2D eigenvalue weighted by Gasteiger charge is -2.13. The number of fused-ring (bicyclic) bond motifs is 24. The van der Waals surface area contributed by atoms with Crippen molar-refractivity contribution in [2.45, 2.75) is 0 Å². The molecule has 0 aliphatic heterocycles. The first-order chi connectivity index (χ1) is 72.9. The molecule has 0 atom stereocenters. The molecule has 0 fully saturated rings. The monoisotopic (exact) mass is 1870 g/mol. The molecule has 30 aromatic rings. The summed E-state index contributed by atoms with van der Waals surface area (Å²) >= 11 is 0. The van der Waals surface area contributed by atoms with E-state index in [2.05, 4.69) is 511 Å². The van der Waals surface area contributed by atoms with Crippen LogP contribution in [0.4, 0.5) is 0 Å². The van der Waals surface area contributed by atoms with Crippen molar-refractivity contribution < 1.29 is 0 Å². The van der Waals surface area contributed by atoms with Gasteiger partial charge in [-0.2, -0.15) is 0 Å². The maximum atomic E-state index is 5.26. The molecule has 30 rings (SSSR count). The molecule has 0 radical (unpaired) electrons. The summed E-state index contributed by atoms with van der Waals surface area (Å²) in [6, 6.07) is 188. The Labute approximate surface area is 846 Å². The third kappa shape index (κ3) is 15.1. The van der Waals surface area contributed by atoms with Gasteiger partial charge in [-0.05, 0) is 200 Å². The highest BCUT2D eigenvalue weighted by atomic mass is 15.0. The number of aromatic nitrogens is 9. The molecule has 0 aliphatic carbocycles. The summed E-state index contributed by atoms with van der Waals surface area (Å²) in [5.41, 5.74) is 25.1. The molecule has 6 heterocycles. The molecule has 0 N–H and O–H groups in total. The van der Waals surface area contributed by atoms with Crippen LogP contribution in [0.3, 0.4) is 0 Å². The van der Waals surface area contributed by atoms with Crippen molar-refractivity contribution in [3.8, 4) is 119 Å². The van der Waals surface area contributed by atoms with Crippen LogP contribution in [0.25, 0.3) is 281 Å². The van der Waals surface area contributed by atoms with E-state index < -0.39 is 0 Å². The second-order valence-corrected chi connectivity index (χ2v) is 37.9. The first-order valence-corrected chi connectivity index (χ1v) is 50.0. The van der Waals surface area contributed by atoms with Crippen LogP contribution in [0.2, 0.25) is 0 Å². The van der Waals surface area contributed by atoms with E-state index in [0.29, 0.717) is 17.5 Å². The van der Waals surface area contributed by atoms with E-state index in [1.165, 1.54) is 157 Å².